The number of para-hydroxylation sites is 1. The molecule has 1 aromatic heterocycles. The average Bonchev–Trinajstić information content (AvgIpc) is 2.78. The van der Waals surface area contributed by atoms with Crippen LogP contribution in [0.25, 0.3) is 10.8 Å². The van der Waals surface area contributed by atoms with Crippen molar-refractivity contribution in [3.63, 3.8) is 0 Å². The van der Waals surface area contributed by atoms with Crippen molar-refractivity contribution in [2.75, 3.05) is 18.1 Å². The summed E-state index contributed by atoms with van der Waals surface area (Å²) in [6.07, 6.45) is 1.79. The third-order valence-electron chi connectivity index (χ3n) is 5.34. The van der Waals surface area contributed by atoms with E-state index in [1.54, 1.807) is 29.2 Å². The van der Waals surface area contributed by atoms with Gasteiger partial charge in [-0.25, -0.2) is 9.48 Å². The predicted molar refractivity (Wildman–Crippen MR) is 118 cm³/mol. The van der Waals surface area contributed by atoms with Crippen LogP contribution >= 0.6 is 0 Å². The molecule has 0 unspecified atom stereocenters. The summed E-state index contributed by atoms with van der Waals surface area (Å²) in [5, 5.41) is 5.10. The first-order valence-electron chi connectivity index (χ1n) is 10.5. The molecule has 160 valence electrons. The van der Waals surface area contributed by atoms with E-state index in [4.69, 9.17) is 4.74 Å². The number of ether oxygens (including phenoxy) is 1. The molecule has 0 bridgehead atoms. The van der Waals surface area contributed by atoms with Gasteiger partial charge in [0.1, 0.15) is 0 Å². The second kappa shape index (κ2) is 8.71. The minimum absolute atomic E-state index is 0.0442. The molecular weight excluding hydrogens is 394 g/mol. The van der Waals surface area contributed by atoms with Gasteiger partial charge in [-0.15, -0.1) is 0 Å². The zero-order chi connectivity index (χ0) is 22.0. The second-order valence-corrected chi connectivity index (χ2v) is 8.13. The van der Waals surface area contributed by atoms with Crippen molar-refractivity contribution in [3.8, 4) is 0 Å². The molecule has 1 amide bonds. The Bertz CT molecular complexity index is 1200. The van der Waals surface area contributed by atoms with Gasteiger partial charge in [-0.05, 0) is 36.5 Å². The maximum atomic E-state index is 12.9. The van der Waals surface area contributed by atoms with Gasteiger partial charge in [0.15, 0.2) is 12.3 Å². The standard InChI is InChI=1S/C24H25N3O4/c1-16(2)14-27-23(29)19-11-5-4-10-18(19)22(25-27)24(30)31-15-21(28)26-13-7-9-17-8-3-6-12-20(17)26/h3-6,8,10-12,16H,7,9,13-15H2,1-2H3. The first kappa shape index (κ1) is 20.8. The molecule has 0 spiro atoms. The average molecular weight is 419 g/mol. The quantitative estimate of drug-likeness (QED) is 0.593. The van der Waals surface area contributed by atoms with Gasteiger partial charge >= 0.3 is 5.97 Å². The van der Waals surface area contributed by atoms with Crippen LogP contribution in [-0.4, -0.2) is 34.8 Å². The van der Waals surface area contributed by atoms with Crippen LogP contribution in [0.5, 0.6) is 0 Å². The number of rotatable bonds is 5. The number of carbonyl (C=O) groups excluding carboxylic acids is 2. The van der Waals surface area contributed by atoms with E-state index in [9.17, 15) is 14.4 Å². The number of amides is 1. The molecule has 0 saturated heterocycles. The molecule has 4 rings (SSSR count). The van der Waals surface area contributed by atoms with Crippen molar-refractivity contribution < 1.29 is 14.3 Å². The number of benzene rings is 2. The number of carbonyl (C=O) groups is 2. The van der Waals surface area contributed by atoms with Crippen LogP contribution in [0.4, 0.5) is 5.69 Å². The molecule has 2 heterocycles. The summed E-state index contributed by atoms with van der Waals surface area (Å²) in [5.41, 5.74) is 1.77. The fourth-order valence-electron chi connectivity index (χ4n) is 3.92. The Kier molecular flexibility index (Phi) is 5.84. The van der Waals surface area contributed by atoms with Crippen molar-refractivity contribution in [2.24, 2.45) is 5.92 Å². The molecule has 3 aromatic rings. The Morgan fingerprint density at radius 2 is 1.77 bits per heavy atom. The van der Waals surface area contributed by atoms with Gasteiger partial charge in [0.25, 0.3) is 11.5 Å². The number of fused-ring (bicyclic) bond motifs is 2. The molecular formula is C24H25N3O4. The lowest BCUT2D eigenvalue weighted by molar-refractivity contribution is -0.121. The lowest BCUT2D eigenvalue weighted by Gasteiger charge is -2.29. The molecule has 0 N–H and O–H groups in total. The predicted octanol–water partition coefficient (Wildman–Crippen LogP) is 3.19. The molecule has 0 radical (unpaired) electrons. The molecule has 7 heteroatoms. The van der Waals surface area contributed by atoms with Gasteiger partial charge < -0.3 is 9.64 Å². The Labute approximate surface area is 180 Å². The normalized spacial score (nSPS) is 13.3. The summed E-state index contributed by atoms with van der Waals surface area (Å²) in [6, 6.07) is 14.6. The smallest absolute Gasteiger partial charge is 0.359 e. The Morgan fingerprint density at radius 3 is 2.55 bits per heavy atom. The van der Waals surface area contributed by atoms with Gasteiger partial charge in [0, 0.05) is 24.2 Å². The minimum Gasteiger partial charge on any atom is -0.451 e. The van der Waals surface area contributed by atoms with E-state index < -0.39 is 5.97 Å². The summed E-state index contributed by atoms with van der Waals surface area (Å²) in [6.45, 7) is 4.53. The van der Waals surface area contributed by atoms with E-state index >= 15 is 0 Å². The van der Waals surface area contributed by atoms with Crippen LogP contribution in [0.15, 0.2) is 53.3 Å². The zero-order valence-electron chi connectivity index (χ0n) is 17.7. The lowest BCUT2D eigenvalue weighted by Crippen LogP contribution is -2.38. The third kappa shape index (κ3) is 4.21. The highest BCUT2D eigenvalue weighted by Gasteiger charge is 2.24. The summed E-state index contributed by atoms with van der Waals surface area (Å²) in [4.78, 5) is 40.0. The van der Waals surface area contributed by atoms with E-state index in [2.05, 4.69) is 5.10 Å². The van der Waals surface area contributed by atoms with E-state index in [0.29, 0.717) is 23.9 Å². The summed E-state index contributed by atoms with van der Waals surface area (Å²) >= 11 is 0. The van der Waals surface area contributed by atoms with E-state index in [0.717, 1.165) is 24.1 Å². The molecule has 31 heavy (non-hydrogen) atoms. The molecule has 1 aliphatic heterocycles. The first-order chi connectivity index (χ1) is 15.0. The van der Waals surface area contributed by atoms with Crippen LogP contribution in [0, 0.1) is 5.92 Å². The van der Waals surface area contributed by atoms with Crippen LogP contribution < -0.4 is 10.5 Å². The number of esters is 1. The molecule has 1 aliphatic rings. The monoisotopic (exact) mass is 419 g/mol. The van der Waals surface area contributed by atoms with Crippen LogP contribution in [0.2, 0.25) is 0 Å². The largest absolute Gasteiger partial charge is 0.451 e. The van der Waals surface area contributed by atoms with Gasteiger partial charge in [-0.2, -0.15) is 5.10 Å². The fraction of sp³-hybridized carbons (Fsp3) is 0.333. The van der Waals surface area contributed by atoms with Crippen LogP contribution in [-0.2, 0) is 22.5 Å². The van der Waals surface area contributed by atoms with Crippen molar-refractivity contribution in [1.29, 1.82) is 0 Å². The van der Waals surface area contributed by atoms with Gasteiger partial charge in [0.05, 0.1) is 5.39 Å². The highest BCUT2D eigenvalue weighted by molar-refractivity contribution is 6.03. The van der Waals surface area contributed by atoms with Crippen molar-refractivity contribution in [1.82, 2.24) is 9.78 Å². The molecule has 0 atom stereocenters. The Balaban J connectivity index is 1.57. The van der Waals surface area contributed by atoms with Gasteiger partial charge in [0.2, 0.25) is 0 Å². The zero-order valence-corrected chi connectivity index (χ0v) is 17.7. The van der Waals surface area contributed by atoms with Crippen molar-refractivity contribution in [2.45, 2.75) is 33.2 Å². The number of aromatic nitrogens is 2. The lowest BCUT2D eigenvalue weighted by atomic mass is 10.0. The third-order valence-corrected chi connectivity index (χ3v) is 5.34. The van der Waals surface area contributed by atoms with Crippen molar-refractivity contribution >= 4 is 28.3 Å². The van der Waals surface area contributed by atoms with E-state index in [-0.39, 0.29) is 29.7 Å². The SMILES string of the molecule is CC(C)Cn1nc(C(=O)OCC(=O)N2CCCc3ccccc32)c2ccccc2c1=O. The number of nitrogens with zero attached hydrogens (tertiary/aromatic N) is 3. The Morgan fingerprint density at radius 1 is 1.06 bits per heavy atom. The number of aryl methyl sites for hydroxylation is 1. The van der Waals surface area contributed by atoms with Crippen molar-refractivity contribution in [3.05, 3.63) is 70.1 Å². The minimum atomic E-state index is -0.715. The van der Waals surface area contributed by atoms with Gasteiger partial charge in [-0.3, -0.25) is 9.59 Å². The highest BCUT2D eigenvalue weighted by atomic mass is 16.5. The topological polar surface area (TPSA) is 81.5 Å². The highest BCUT2D eigenvalue weighted by Crippen LogP contribution is 2.26. The van der Waals surface area contributed by atoms with Crippen LogP contribution in [0.1, 0.15) is 36.3 Å². The summed E-state index contributed by atoms with van der Waals surface area (Å²) < 4.78 is 6.66. The number of anilines is 1. The number of hydrogen-bond acceptors (Lipinski definition) is 5. The maximum absolute atomic E-state index is 12.9. The molecule has 0 fully saturated rings. The number of hydrogen-bond donors (Lipinski definition) is 0. The molecule has 2 aromatic carbocycles. The fourth-order valence-corrected chi connectivity index (χ4v) is 3.92. The second-order valence-electron chi connectivity index (χ2n) is 8.13. The van der Waals surface area contributed by atoms with Gasteiger partial charge in [-0.1, -0.05) is 50.2 Å². The van der Waals surface area contributed by atoms with Crippen LogP contribution in [0.3, 0.4) is 0 Å². The van der Waals surface area contributed by atoms with E-state index in [1.165, 1.54) is 4.68 Å². The maximum Gasteiger partial charge on any atom is 0.359 e. The molecule has 0 aliphatic carbocycles. The summed E-state index contributed by atoms with van der Waals surface area (Å²) in [5.74, 6) is -0.816. The Hall–Kier alpha value is -3.48. The molecule has 7 nitrogen and oxygen atoms in total. The molecule has 0 saturated carbocycles. The first-order valence-corrected chi connectivity index (χ1v) is 10.5. The summed E-state index contributed by atoms with van der Waals surface area (Å²) in [7, 11) is 0. The van der Waals surface area contributed by atoms with E-state index in [1.807, 2.05) is 38.1 Å².